The van der Waals surface area contributed by atoms with Crippen LogP contribution >= 0.6 is 0 Å². The molecular weight excluding hydrogens is 595 g/mol. The van der Waals surface area contributed by atoms with Gasteiger partial charge < -0.3 is 34.9 Å². The Morgan fingerprint density at radius 2 is 1.84 bits per heavy atom. The van der Waals surface area contributed by atoms with E-state index in [0.717, 1.165) is 16.4 Å². The average molecular weight is 629 g/mol. The monoisotopic (exact) mass is 628 g/mol. The number of anilines is 2. The SMILES string of the molecule is C[C@@H]1CN([C@H](C)CO)C(=O)c2cccc(NC(=O)Nc3ccc4c(c3)OCO4)c2O[C@H]1CN(C)S(=O)(=O)c1ccc(F)cc1. The summed E-state index contributed by atoms with van der Waals surface area (Å²) in [4.78, 5) is 28.2. The summed E-state index contributed by atoms with van der Waals surface area (Å²) in [6.45, 7) is 3.33. The Balaban J connectivity index is 1.45. The molecule has 0 spiro atoms. The van der Waals surface area contributed by atoms with Gasteiger partial charge in [0.1, 0.15) is 11.9 Å². The number of sulfonamides is 1. The Morgan fingerprint density at radius 3 is 2.57 bits per heavy atom. The minimum absolute atomic E-state index is 0.0533. The van der Waals surface area contributed by atoms with E-state index in [-0.39, 0.29) is 48.4 Å². The van der Waals surface area contributed by atoms with Crippen LogP contribution < -0.4 is 24.8 Å². The number of ether oxygens (including phenoxy) is 3. The van der Waals surface area contributed by atoms with E-state index >= 15 is 0 Å². The second kappa shape index (κ2) is 12.7. The van der Waals surface area contributed by atoms with E-state index in [2.05, 4.69) is 10.6 Å². The van der Waals surface area contributed by atoms with E-state index in [9.17, 15) is 27.5 Å². The highest BCUT2D eigenvalue weighted by atomic mass is 32.2. The first kappa shape index (κ1) is 31.0. The van der Waals surface area contributed by atoms with E-state index in [1.807, 2.05) is 0 Å². The number of fused-ring (bicyclic) bond motifs is 2. The molecule has 5 rings (SSSR count). The number of nitrogens with zero attached hydrogens (tertiary/aromatic N) is 2. The molecule has 2 heterocycles. The van der Waals surface area contributed by atoms with Crippen LogP contribution in [0.1, 0.15) is 24.2 Å². The predicted molar refractivity (Wildman–Crippen MR) is 159 cm³/mol. The molecule has 44 heavy (non-hydrogen) atoms. The third-order valence-corrected chi connectivity index (χ3v) is 9.37. The number of aliphatic hydroxyl groups excluding tert-OH is 1. The summed E-state index contributed by atoms with van der Waals surface area (Å²) in [6, 6.07) is 12.9. The Hall–Kier alpha value is -4.40. The molecule has 2 aliphatic rings. The molecule has 0 saturated heterocycles. The first-order valence-corrected chi connectivity index (χ1v) is 15.3. The van der Waals surface area contributed by atoms with Crippen LogP contribution in [0.15, 0.2) is 65.6 Å². The number of aliphatic hydroxyl groups is 1. The van der Waals surface area contributed by atoms with E-state index in [4.69, 9.17) is 14.2 Å². The Bertz CT molecular complexity index is 1650. The zero-order chi connectivity index (χ0) is 31.6. The molecule has 0 bridgehead atoms. The van der Waals surface area contributed by atoms with Gasteiger partial charge in [-0.25, -0.2) is 17.6 Å². The lowest BCUT2D eigenvalue weighted by atomic mass is 9.99. The second-order valence-electron chi connectivity index (χ2n) is 10.7. The lowest BCUT2D eigenvalue weighted by Crippen LogP contribution is -2.50. The maximum Gasteiger partial charge on any atom is 0.323 e. The van der Waals surface area contributed by atoms with Crippen LogP contribution in [0, 0.1) is 11.7 Å². The molecule has 3 amide bonds. The fourth-order valence-corrected chi connectivity index (χ4v) is 6.14. The summed E-state index contributed by atoms with van der Waals surface area (Å²) in [6.07, 6.45) is -0.796. The largest absolute Gasteiger partial charge is 0.486 e. The molecule has 0 radical (unpaired) electrons. The fourth-order valence-electron chi connectivity index (χ4n) is 4.96. The molecule has 14 heteroatoms. The van der Waals surface area contributed by atoms with Crippen molar-refractivity contribution in [1.29, 1.82) is 0 Å². The first-order chi connectivity index (χ1) is 21.0. The van der Waals surface area contributed by atoms with Crippen molar-refractivity contribution < 1.29 is 41.7 Å². The van der Waals surface area contributed by atoms with E-state index in [0.29, 0.717) is 17.2 Å². The van der Waals surface area contributed by atoms with Gasteiger partial charge in [-0.05, 0) is 55.5 Å². The molecule has 234 valence electrons. The summed E-state index contributed by atoms with van der Waals surface area (Å²) in [5, 5.41) is 15.4. The summed E-state index contributed by atoms with van der Waals surface area (Å²) < 4.78 is 58.3. The number of carbonyl (C=O) groups is 2. The summed E-state index contributed by atoms with van der Waals surface area (Å²) >= 11 is 0. The van der Waals surface area contributed by atoms with Crippen molar-refractivity contribution in [2.45, 2.75) is 30.9 Å². The Kier molecular flexibility index (Phi) is 8.95. The van der Waals surface area contributed by atoms with Gasteiger partial charge in [0.25, 0.3) is 5.91 Å². The third kappa shape index (κ3) is 6.42. The summed E-state index contributed by atoms with van der Waals surface area (Å²) in [5.74, 6) is -0.304. The number of benzene rings is 3. The van der Waals surface area contributed by atoms with Crippen LogP contribution in [0.2, 0.25) is 0 Å². The van der Waals surface area contributed by atoms with Crippen LogP contribution in [0.3, 0.4) is 0 Å². The predicted octanol–water partition coefficient (Wildman–Crippen LogP) is 3.74. The molecular formula is C30H33FN4O8S. The van der Waals surface area contributed by atoms with Crippen molar-refractivity contribution in [3.63, 3.8) is 0 Å². The van der Waals surface area contributed by atoms with Gasteiger partial charge in [0.05, 0.1) is 35.3 Å². The van der Waals surface area contributed by atoms with Crippen LogP contribution in [-0.4, -0.2) is 80.4 Å². The standard InChI is InChI=1S/C30H33FN4O8S/c1-18-14-35(19(2)16-36)29(37)23-5-4-6-24(33-30(38)32-21-9-12-25-26(13-21)42-17-41-25)28(23)43-27(18)15-34(3)44(39,40)22-10-7-20(31)8-11-22/h4-13,18-19,27,36H,14-17H2,1-3H3,(H2,32,33,38)/t18-,19-,27+/m1/s1. The normalized spacial score (nSPS) is 18.6. The Morgan fingerprint density at radius 1 is 1.11 bits per heavy atom. The lowest BCUT2D eigenvalue weighted by Gasteiger charge is -2.38. The molecule has 0 aromatic heterocycles. The second-order valence-corrected chi connectivity index (χ2v) is 12.7. The molecule has 0 aliphatic carbocycles. The van der Waals surface area contributed by atoms with Crippen molar-refractivity contribution in [1.82, 2.24) is 9.21 Å². The van der Waals surface area contributed by atoms with Crippen LogP contribution in [0.25, 0.3) is 0 Å². The topological polar surface area (TPSA) is 147 Å². The molecule has 12 nitrogen and oxygen atoms in total. The molecule has 3 aromatic carbocycles. The zero-order valence-corrected chi connectivity index (χ0v) is 25.1. The smallest absolute Gasteiger partial charge is 0.323 e. The number of hydrogen-bond acceptors (Lipinski definition) is 8. The molecule has 3 aromatic rings. The first-order valence-electron chi connectivity index (χ1n) is 13.9. The maximum absolute atomic E-state index is 13.7. The average Bonchev–Trinajstić information content (AvgIpc) is 3.47. The molecule has 2 aliphatic heterocycles. The summed E-state index contributed by atoms with van der Waals surface area (Å²) in [5.41, 5.74) is 0.741. The number of nitrogens with one attached hydrogen (secondary N) is 2. The molecule has 0 saturated carbocycles. The highest BCUT2D eigenvalue weighted by molar-refractivity contribution is 7.89. The van der Waals surface area contributed by atoms with Gasteiger partial charge in [0.15, 0.2) is 17.2 Å². The molecule has 0 fully saturated rings. The number of amides is 3. The van der Waals surface area contributed by atoms with Gasteiger partial charge in [-0.3, -0.25) is 4.79 Å². The van der Waals surface area contributed by atoms with Crippen LogP contribution in [0.4, 0.5) is 20.6 Å². The third-order valence-electron chi connectivity index (χ3n) is 7.53. The van der Waals surface area contributed by atoms with Crippen LogP contribution in [0.5, 0.6) is 17.2 Å². The van der Waals surface area contributed by atoms with Crippen molar-refractivity contribution in [2.75, 3.05) is 44.2 Å². The van der Waals surface area contributed by atoms with Gasteiger partial charge in [-0.2, -0.15) is 4.31 Å². The maximum atomic E-state index is 13.7. The summed E-state index contributed by atoms with van der Waals surface area (Å²) in [7, 11) is -2.64. The van der Waals surface area contributed by atoms with Crippen molar-refractivity contribution >= 4 is 33.3 Å². The van der Waals surface area contributed by atoms with E-state index in [1.165, 1.54) is 24.1 Å². The van der Waals surface area contributed by atoms with Crippen molar-refractivity contribution in [2.24, 2.45) is 5.92 Å². The van der Waals surface area contributed by atoms with E-state index in [1.54, 1.807) is 50.2 Å². The number of para-hydroxylation sites is 1. The zero-order valence-electron chi connectivity index (χ0n) is 24.3. The lowest BCUT2D eigenvalue weighted by molar-refractivity contribution is 0.0389. The minimum Gasteiger partial charge on any atom is -0.486 e. The van der Waals surface area contributed by atoms with Gasteiger partial charge in [0, 0.05) is 31.3 Å². The van der Waals surface area contributed by atoms with Gasteiger partial charge >= 0.3 is 6.03 Å². The van der Waals surface area contributed by atoms with E-state index < -0.39 is 45.8 Å². The molecule has 3 atom stereocenters. The highest BCUT2D eigenvalue weighted by Gasteiger charge is 2.36. The fraction of sp³-hybridized carbons (Fsp3) is 0.333. The van der Waals surface area contributed by atoms with Gasteiger partial charge in [0.2, 0.25) is 16.8 Å². The number of carbonyl (C=O) groups excluding carboxylic acids is 2. The van der Waals surface area contributed by atoms with Crippen molar-refractivity contribution in [3.8, 4) is 17.2 Å². The van der Waals surface area contributed by atoms with Gasteiger partial charge in [-0.1, -0.05) is 13.0 Å². The number of urea groups is 1. The molecule has 3 N–H and O–H groups in total. The van der Waals surface area contributed by atoms with Crippen LogP contribution in [-0.2, 0) is 10.0 Å². The number of rotatable bonds is 8. The quantitative estimate of drug-likeness (QED) is 0.342. The van der Waals surface area contributed by atoms with Crippen molar-refractivity contribution in [3.05, 3.63) is 72.0 Å². The number of halogens is 1. The molecule has 0 unspecified atom stereocenters. The van der Waals surface area contributed by atoms with Gasteiger partial charge in [-0.15, -0.1) is 0 Å². The number of hydrogen-bond donors (Lipinski definition) is 3. The highest BCUT2D eigenvalue weighted by Crippen LogP contribution is 2.36. The Labute approximate surface area is 254 Å². The number of likely N-dealkylation sites (N-methyl/N-ethyl adjacent to an activating group) is 1. The minimum atomic E-state index is -4.02.